The minimum absolute atomic E-state index is 0.156. The van der Waals surface area contributed by atoms with Crippen LogP contribution in [-0.4, -0.2) is 27.1 Å². The molecule has 0 aliphatic carbocycles. The fourth-order valence-corrected chi connectivity index (χ4v) is 2.22. The normalized spacial score (nSPS) is 14.3. The Morgan fingerprint density at radius 2 is 2.32 bits per heavy atom. The van der Waals surface area contributed by atoms with Crippen molar-refractivity contribution in [2.45, 2.75) is 13.0 Å². The van der Waals surface area contributed by atoms with Crippen molar-refractivity contribution in [1.29, 1.82) is 0 Å². The van der Waals surface area contributed by atoms with E-state index in [4.69, 9.17) is 4.42 Å². The maximum absolute atomic E-state index is 12.2. The van der Waals surface area contributed by atoms with Crippen LogP contribution in [0.5, 0.6) is 0 Å². The Labute approximate surface area is 109 Å². The lowest BCUT2D eigenvalue weighted by Crippen LogP contribution is -2.38. The van der Waals surface area contributed by atoms with E-state index < -0.39 is 0 Å². The zero-order valence-corrected chi connectivity index (χ0v) is 10.5. The maximum Gasteiger partial charge on any atom is 0.289 e. The van der Waals surface area contributed by atoms with Crippen LogP contribution in [0.4, 0.5) is 0 Å². The second kappa shape index (κ2) is 4.38. The van der Waals surface area contributed by atoms with Crippen LogP contribution in [0.1, 0.15) is 21.8 Å². The van der Waals surface area contributed by atoms with Crippen molar-refractivity contribution in [3.8, 4) is 0 Å². The van der Waals surface area contributed by atoms with Gasteiger partial charge in [-0.2, -0.15) is 5.10 Å². The van der Waals surface area contributed by atoms with Gasteiger partial charge >= 0.3 is 0 Å². The van der Waals surface area contributed by atoms with Gasteiger partial charge < -0.3 is 9.32 Å². The number of nitrogens with zero attached hydrogens (tertiary/aromatic N) is 3. The molecule has 19 heavy (non-hydrogen) atoms. The first-order valence-electron chi connectivity index (χ1n) is 6.04. The van der Waals surface area contributed by atoms with Gasteiger partial charge in [0.05, 0.1) is 12.0 Å². The van der Waals surface area contributed by atoms with Gasteiger partial charge in [-0.1, -0.05) is 0 Å². The van der Waals surface area contributed by atoms with E-state index in [1.165, 1.54) is 10.9 Å². The van der Waals surface area contributed by atoms with E-state index >= 15 is 0 Å². The van der Waals surface area contributed by atoms with E-state index in [0.29, 0.717) is 25.3 Å². The second-order valence-corrected chi connectivity index (χ2v) is 4.53. The largest absolute Gasteiger partial charge is 0.459 e. The smallest absolute Gasteiger partial charge is 0.289 e. The summed E-state index contributed by atoms with van der Waals surface area (Å²) < 4.78 is 6.43. The standard InChI is InChI=1S/C13H13N3O3/c1-15-12(17)7-9-8-16(5-4-10(9)14-15)13(18)11-3-2-6-19-11/h2-3,6-7H,4-5,8H2,1H3. The molecule has 0 saturated carbocycles. The molecule has 1 aliphatic heterocycles. The third-order valence-corrected chi connectivity index (χ3v) is 3.26. The zero-order chi connectivity index (χ0) is 13.4. The molecule has 0 atom stereocenters. The molecule has 1 aliphatic rings. The molecule has 0 aromatic carbocycles. The molecule has 98 valence electrons. The van der Waals surface area contributed by atoms with Crippen LogP contribution in [0.15, 0.2) is 33.7 Å². The molecule has 3 rings (SSSR count). The number of hydrogen-bond acceptors (Lipinski definition) is 4. The van der Waals surface area contributed by atoms with Crippen molar-refractivity contribution in [2.75, 3.05) is 6.54 Å². The van der Waals surface area contributed by atoms with Gasteiger partial charge in [-0.3, -0.25) is 9.59 Å². The number of furan rings is 1. The molecule has 1 amide bonds. The molecule has 3 heterocycles. The topological polar surface area (TPSA) is 68.3 Å². The Bertz CT molecular complexity index is 673. The summed E-state index contributed by atoms with van der Waals surface area (Å²) in [7, 11) is 1.63. The van der Waals surface area contributed by atoms with Crippen LogP contribution in [0.2, 0.25) is 0 Å². The number of amides is 1. The Hall–Kier alpha value is -2.37. The minimum atomic E-state index is -0.161. The van der Waals surface area contributed by atoms with Gasteiger partial charge in [-0.15, -0.1) is 0 Å². The van der Waals surface area contributed by atoms with Gasteiger partial charge in [0.15, 0.2) is 5.76 Å². The Balaban J connectivity index is 1.88. The molecule has 6 heteroatoms. The van der Waals surface area contributed by atoms with Crippen LogP contribution in [0.3, 0.4) is 0 Å². The SMILES string of the molecule is Cn1nc2c(cc1=O)CN(C(=O)c1ccco1)CC2. The van der Waals surface area contributed by atoms with Crippen molar-refractivity contribution in [3.05, 3.63) is 51.8 Å². The van der Waals surface area contributed by atoms with Gasteiger partial charge in [0.2, 0.25) is 0 Å². The lowest BCUT2D eigenvalue weighted by molar-refractivity contribution is 0.0700. The van der Waals surface area contributed by atoms with Crippen molar-refractivity contribution >= 4 is 5.91 Å². The molecule has 0 spiro atoms. The molecule has 6 nitrogen and oxygen atoms in total. The number of rotatable bonds is 1. The summed E-state index contributed by atoms with van der Waals surface area (Å²) in [5.41, 5.74) is 1.53. The first kappa shape index (κ1) is 11.7. The van der Waals surface area contributed by atoms with E-state index in [0.717, 1.165) is 11.3 Å². The van der Waals surface area contributed by atoms with Gasteiger partial charge in [-0.25, -0.2) is 4.68 Å². The molecular formula is C13H13N3O3. The van der Waals surface area contributed by atoms with Gasteiger partial charge in [0.1, 0.15) is 0 Å². The molecule has 0 bridgehead atoms. The summed E-state index contributed by atoms with van der Waals surface area (Å²) in [4.78, 5) is 25.4. The van der Waals surface area contributed by atoms with Crippen LogP contribution in [-0.2, 0) is 20.0 Å². The number of aromatic nitrogens is 2. The van der Waals surface area contributed by atoms with Crippen molar-refractivity contribution in [3.63, 3.8) is 0 Å². The third-order valence-electron chi connectivity index (χ3n) is 3.26. The van der Waals surface area contributed by atoms with Gasteiger partial charge in [0.25, 0.3) is 11.5 Å². The highest BCUT2D eigenvalue weighted by atomic mass is 16.3. The molecule has 0 saturated heterocycles. The number of hydrogen-bond donors (Lipinski definition) is 0. The third kappa shape index (κ3) is 2.05. The number of aryl methyl sites for hydroxylation is 1. The van der Waals surface area contributed by atoms with E-state index in [1.54, 1.807) is 30.1 Å². The first-order chi connectivity index (χ1) is 9.15. The molecule has 0 fully saturated rings. The summed E-state index contributed by atoms with van der Waals surface area (Å²) in [6, 6.07) is 4.87. The zero-order valence-electron chi connectivity index (χ0n) is 10.5. The second-order valence-electron chi connectivity index (χ2n) is 4.53. The number of carbonyl (C=O) groups is 1. The summed E-state index contributed by atoms with van der Waals surface area (Å²) in [5, 5.41) is 4.21. The van der Waals surface area contributed by atoms with Crippen molar-refractivity contribution in [1.82, 2.24) is 14.7 Å². The Kier molecular flexibility index (Phi) is 2.70. The van der Waals surface area contributed by atoms with Crippen LogP contribution < -0.4 is 5.56 Å². The predicted molar refractivity (Wildman–Crippen MR) is 66.6 cm³/mol. The quantitative estimate of drug-likeness (QED) is 0.751. The molecule has 0 N–H and O–H groups in total. The van der Waals surface area contributed by atoms with E-state index in [1.807, 2.05) is 0 Å². The lowest BCUT2D eigenvalue weighted by atomic mass is 10.1. The van der Waals surface area contributed by atoms with E-state index in [-0.39, 0.29) is 11.5 Å². The number of fused-ring (bicyclic) bond motifs is 1. The molecule has 0 unspecified atom stereocenters. The Morgan fingerprint density at radius 1 is 1.47 bits per heavy atom. The van der Waals surface area contributed by atoms with Crippen LogP contribution in [0, 0.1) is 0 Å². The Morgan fingerprint density at radius 3 is 3.05 bits per heavy atom. The maximum atomic E-state index is 12.2. The first-order valence-corrected chi connectivity index (χ1v) is 6.04. The number of carbonyl (C=O) groups excluding carboxylic acids is 1. The summed E-state index contributed by atoms with van der Waals surface area (Å²) in [6.07, 6.45) is 2.12. The van der Waals surface area contributed by atoms with Gasteiger partial charge in [0, 0.05) is 38.2 Å². The van der Waals surface area contributed by atoms with Gasteiger partial charge in [-0.05, 0) is 12.1 Å². The summed E-state index contributed by atoms with van der Waals surface area (Å²) >= 11 is 0. The average molecular weight is 259 g/mol. The monoisotopic (exact) mass is 259 g/mol. The fraction of sp³-hybridized carbons (Fsp3) is 0.308. The van der Waals surface area contributed by atoms with E-state index in [2.05, 4.69) is 5.10 Å². The molecular weight excluding hydrogens is 246 g/mol. The molecule has 2 aromatic rings. The predicted octanol–water partition coefficient (Wildman–Crippen LogP) is 0.572. The molecule has 2 aromatic heterocycles. The fourth-order valence-electron chi connectivity index (χ4n) is 2.22. The van der Waals surface area contributed by atoms with Crippen LogP contribution >= 0.6 is 0 Å². The summed E-state index contributed by atoms with van der Waals surface area (Å²) in [5.74, 6) is 0.163. The van der Waals surface area contributed by atoms with E-state index in [9.17, 15) is 9.59 Å². The summed E-state index contributed by atoms with van der Waals surface area (Å²) in [6.45, 7) is 0.982. The average Bonchev–Trinajstić information content (AvgIpc) is 2.93. The highest BCUT2D eigenvalue weighted by molar-refractivity contribution is 5.91. The van der Waals surface area contributed by atoms with Crippen molar-refractivity contribution < 1.29 is 9.21 Å². The lowest BCUT2D eigenvalue weighted by Gasteiger charge is -2.27. The van der Waals surface area contributed by atoms with Crippen LogP contribution in [0.25, 0.3) is 0 Å². The van der Waals surface area contributed by atoms with Crippen molar-refractivity contribution in [2.24, 2.45) is 7.05 Å². The minimum Gasteiger partial charge on any atom is -0.459 e. The highest BCUT2D eigenvalue weighted by Gasteiger charge is 2.24. The molecule has 0 radical (unpaired) electrons. The highest BCUT2D eigenvalue weighted by Crippen LogP contribution is 2.17.